The van der Waals surface area contributed by atoms with E-state index in [2.05, 4.69) is 67.5 Å². The van der Waals surface area contributed by atoms with Crippen LogP contribution in [-0.4, -0.2) is 192 Å². The number of carboxylic acids is 1. The van der Waals surface area contributed by atoms with Crippen molar-refractivity contribution >= 4 is 110 Å². The first-order valence-corrected chi connectivity index (χ1v) is 36.3. The number of carbonyl (C=O) groups is 10. The Balaban J connectivity index is 1.06. The molecule has 0 radical (unpaired) electrons. The van der Waals surface area contributed by atoms with Gasteiger partial charge in [-0.15, -0.1) is 0 Å². The fourth-order valence-electron chi connectivity index (χ4n) is 12.4. The van der Waals surface area contributed by atoms with Crippen LogP contribution in [0.25, 0.3) is 21.8 Å². The van der Waals surface area contributed by atoms with Gasteiger partial charge in [0.2, 0.25) is 53.2 Å². The predicted octanol–water partition coefficient (Wildman–Crippen LogP) is 3.30. The van der Waals surface area contributed by atoms with Crippen LogP contribution in [0.3, 0.4) is 0 Å². The number of thioether (sulfide) groups is 2. The van der Waals surface area contributed by atoms with Gasteiger partial charge in [-0.1, -0.05) is 36.4 Å². The molecule has 3 aromatic heterocycles. The second-order valence-corrected chi connectivity index (χ2v) is 28.0. The van der Waals surface area contributed by atoms with Crippen LogP contribution < -0.4 is 53.0 Å². The number of ether oxygens (including phenoxy) is 1. The van der Waals surface area contributed by atoms with Crippen LogP contribution in [0.4, 0.5) is 8.78 Å². The lowest BCUT2D eigenvalue weighted by molar-refractivity contribution is -0.463. The fraction of sp³-hybridized carbons (Fsp3) is 0.408. The number of benzene rings is 4. The number of aromatic nitrogens is 4. The molecule has 34 heteroatoms. The molecule has 2 aliphatic heterocycles. The number of aliphatic carboxylic acids is 1. The summed E-state index contributed by atoms with van der Waals surface area (Å²) in [6.07, 6.45) is 3.84. The van der Waals surface area contributed by atoms with Crippen LogP contribution in [0.15, 0.2) is 115 Å². The van der Waals surface area contributed by atoms with Crippen LogP contribution >= 0.6 is 23.5 Å². The van der Waals surface area contributed by atoms with Crippen LogP contribution in [-0.2, 0) is 85.1 Å². The van der Waals surface area contributed by atoms with E-state index >= 15 is 23.6 Å². The molecule has 0 aliphatic carbocycles. The Kier molecular flexibility index (Phi) is 27.6. The van der Waals surface area contributed by atoms with E-state index in [9.17, 15) is 48.4 Å². The Hall–Kier alpha value is -10.9. The number of imidazole rings is 1. The van der Waals surface area contributed by atoms with E-state index < -0.39 is 149 Å². The van der Waals surface area contributed by atoms with Gasteiger partial charge >= 0.3 is 5.97 Å². The second kappa shape index (κ2) is 37.0. The number of nitrogens with two attached hydrogens (primary N) is 1. The fourth-order valence-corrected chi connectivity index (χ4v) is 14.1. The molecule has 0 unspecified atom stereocenters. The molecule has 1 saturated heterocycles. The maximum absolute atomic E-state index is 15.2. The standard InChI is InChI=1S/C71H84F2N16O14S2/c1-40-63(93)83-54(29-44-35-79-51-16-12-46(72)31-49(44)51)65(95)84-55(30-45-36-80-52-17-13-47(73)32-50(45)52)66(96)86-57(34-62(91)92)68(98)85-56(33-60-76-21-22-77-60)67(97)87-58(28-41-10-14-48(103-3)15-11-41)69(99)88-24-6-19-71(88,2)70(100)78-23-26-105-39-43-8-4-7-42(27-43)38-104-25-18-61(90)82-53(64(94)81-40)9-5-20-75-59(74)37-89(101)102/h4,7-8,10-17,21-22,27,31-32,35-36,40,53-58,79-80H,5-6,9,18-20,23-26,28-30,33-34,37-39H2,1-3H3,(H2,74,75)(H,76,77)(H,78,100)(H,81,94)(H,82,90)(H,83,93)(H,84,95)(H,85,98)(H,86,96)(H,87,97)(H,91,92)/t40-,53+,54+,55+,56+,57+,58+,71+/m1/s1. The minimum atomic E-state index is -2.04. The maximum Gasteiger partial charge on any atom is 0.305 e. The number of aromatic amines is 3. The lowest BCUT2D eigenvalue weighted by atomic mass is 9.95. The highest BCUT2D eigenvalue weighted by Gasteiger charge is 2.48. The largest absolute Gasteiger partial charge is 0.497 e. The average molecular weight is 1490 g/mol. The van der Waals surface area contributed by atoms with Gasteiger partial charge < -0.3 is 78.0 Å². The second-order valence-electron chi connectivity index (χ2n) is 25.8. The molecule has 30 nitrogen and oxygen atoms in total. The van der Waals surface area contributed by atoms with E-state index in [0.29, 0.717) is 57.2 Å². The number of amides is 9. The van der Waals surface area contributed by atoms with Crippen molar-refractivity contribution in [3.8, 4) is 5.75 Å². The maximum atomic E-state index is 15.2. The van der Waals surface area contributed by atoms with E-state index in [1.165, 1.54) is 85.8 Å². The number of H-pyrrole nitrogens is 3. The van der Waals surface area contributed by atoms with E-state index in [-0.39, 0.29) is 86.3 Å². The predicted molar refractivity (Wildman–Crippen MR) is 388 cm³/mol. The van der Waals surface area contributed by atoms with Gasteiger partial charge in [0, 0.05) is 126 Å². The summed E-state index contributed by atoms with van der Waals surface area (Å²) in [5.41, 5.74) is 8.23. The van der Waals surface area contributed by atoms with Crippen LogP contribution in [0, 0.1) is 21.7 Å². The summed E-state index contributed by atoms with van der Waals surface area (Å²) in [5.74, 6) is -8.52. The van der Waals surface area contributed by atoms with Crippen molar-refractivity contribution in [2.75, 3.05) is 44.8 Å². The first-order chi connectivity index (χ1) is 50.3. The Morgan fingerprint density at radius 1 is 0.714 bits per heavy atom. The van der Waals surface area contributed by atoms with Crippen molar-refractivity contribution in [3.05, 3.63) is 165 Å². The SMILES string of the molecule is COc1ccc(C[C@@H]2NC(=O)[C@H](Cc3ncc[nH]3)NC(=O)[C@H](CC(=O)O)NC(=O)[C@H](Cc3c[nH]c4ccc(F)cc34)NC(=O)[C@H](Cc3c[nH]c4ccc(F)cc34)NC(=O)[C@@H](C)NC(=O)[C@H](CCCN=C(N)C[N+](=O)[O-])NC(=O)CCSCc3cccc(c3)CSCCNC(=O)[C@]3(C)CCCN3C2=O)cc1. The molecule has 5 heterocycles. The number of nitrogens with zero attached hydrogens (tertiary/aromatic N) is 4. The molecule has 9 rings (SSSR count). The number of fused-ring (bicyclic) bond motifs is 5. The summed E-state index contributed by atoms with van der Waals surface area (Å²) in [5, 5.41) is 43.4. The summed E-state index contributed by atoms with van der Waals surface area (Å²) in [6, 6.07) is 10.7. The van der Waals surface area contributed by atoms with Crippen molar-refractivity contribution < 1.29 is 71.5 Å². The van der Waals surface area contributed by atoms with Gasteiger partial charge in [-0.2, -0.15) is 23.5 Å². The Morgan fingerprint density at radius 3 is 1.88 bits per heavy atom. The van der Waals surface area contributed by atoms with Crippen molar-refractivity contribution in [1.82, 2.24) is 67.4 Å². The molecule has 2 aliphatic rings. The number of nitro groups is 1. The number of rotatable bonds is 17. The van der Waals surface area contributed by atoms with E-state index in [0.717, 1.165) is 17.2 Å². The number of nitrogens with one attached hydrogen (secondary N) is 11. The summed E-state index contributed by atoms with van der Waals surface area (Å²) in [6.45, 7) is 2.52. The van der Waals surface area contributed by atoms with Gasteiger partial charge in [0.05, 0.1) is 13.5 Å². The van der Waals surface area contributed by atoms with Crippen molar-refractivity contribution in [2.24, 2.45) is 10.7 Å². The smallest absolute Gasteiger partial charge is 0.305 e. The number of halogens is 2. The normalized spacial score (nSPS) is 22.4. The summed E-state index contributed by atoms with van der Waals surface area (Å²) in [7, 11) is 1.48. The molecule has 8 atom stereocenters. The first kappa shape index (κ1) is 78.2. The quantitative estimate of drug-likeness (QED) is 0.0204. The minimum Gasteiger partial charge on any atom is -0.497 e. The van der Waals surface area contributed by atoms with Gasteiger partial charge in [0.1, 0.15) is 71.0 Å². The molecule has 2 bridgehead atoms. The first-order valence-electron chi connectivity index (χ1n) is 34.0. The van der Waals surface area contributed by atoms with Gasteiger partial charge in [0.25, 0.3) is 6.54 Å². The number of hydrogen-bond donors (Lipinski definition) is 13. The molecule has 0 spiro atoms. The number of carbonyl (C=O) groups excluding carboxylic acids is 9. The number of carboxylic acid groups (broad SMARTS) is 1. The van der Waals surface area contributed by atoms with Gasteiger partial charge in [0.15, 0.2) is 5.84 Å². The number of methoxy groups -OCH3 is 1. The highest BCUT2D eigenvalue weighted by molar-refractivity contribution is 7.98. The highest BCUT2D eigenvalue weighted by atomic mass is 32.2. The van der Waals surface area contributed by atoms with E-state index in [1.807, 2.05) is 24.3 Å². The minimum absolute atomic E-state index is 0.0450. The van der Waals surface area contributed by atoms with E-state index in [4.69, 9.17) is 10.5 Å². The third-order valence-corrected chi connectivity index (χ3v) is 20.0. The average Bonchev–Trinajstić information content (AvgIpc) is 1.69. The zero-order valence-corrected chi connectivity index (χ0v) is 59.5. The van der Waals surface area contributed by atoms with Crippen molar-refractivity contribution in [1.29, 1.82) is 0 Å². The molecular weight excluding hydrogens is 1400 g/mol. The van der Waals surface area contributed by atoms with Crippen molar-refractivity contribution in [3.63, 3.8) is 0 Å². The summed E-state index contributed by atoms with van der Waals surface area (Å²) < 4.78 is 35.4. The topological polar surface area (TPSA) is 441 Å². The molecular formula is C71H84F2N16O14S2. The van der Waals surface area contributed by atoms with Crippen LogP contribution in [0.1, 0.15) is 86.0 Å². The summed E-state index contributed by atoms with van der Waals surface area (Å²) in [4.78, 5) is 174. The third kappa shape index (κ3) is 22.1. The number of aliphatic imine (C=N–C) groups is 1. The Bertz CT molecular complexity index is 4330. The number of hydrogen-bond acceptors (Lipinski definition) is 17. The third-order valence-electron chi connectivity index (χ3n) is 18.0. The van der Waals surface area contributed by atoms with Crippen molar-refractivity contribution in [2.45, 2.75) is 137 Å². The molecule has 105 heavy (non-hydrogen) atoms. The zero-order chi connectivity index (χ0) is 75.3. The molecule has 7 aromatic rings. The van der Waals surface area contributed by atoms with Crippen LogP contribution in [0.2, 0.25) is 0 Å². The lowest BCUT2D eigenvalue weighted by Crippen LogP contribution is -2.62. The molecule has 14 N–H and O–H groups in total. The molecule has 558 valence electrons. The summed E-state index contributed by atoms with van der Waals surface area (Å²) >= 11 is 3.03. The van der Waals surface area contributed by atoms with Crippen LogP contribution in [0.5, 0.6) is 5.75 Å². The lowest BCUT2D eigenvalue weighted by Gasteiger charge is -2.36. The van der Waals surface area contributed by atoms with Gasteiger partial charge in [-0.3, -0.25) is 63.1 Å². The molecule has 0 saturated carbocycles. The van der Waals surface area contributed by atoms with Gasteiger partial charge in [-0.05, 0) is 116 Å². The van der Waals surface area contributed by atoms with Gasteiger partial charge in [-0.25, -0.2) is 13.8 Å². The monoisotopic (exact) mass is 1490 g/mol. The Labute approximate surface area is 610 Å². The Morgan fingerprint density at radius 2 is 1.29 bits per heavy atom. The van der Waals surface area contributed by atoms with E-state index in [1.54, 1.807) is 43.0 Å². The number of amidine groups is 1. The molecule has 1 fully saturated rings. The molecule has 4 aromatic carbocycles. The zero-order valence-electron chi connectivity index (χ0n) is 57.9. The molecule has 9 amide bonds. The highest BCUT2D eigenvalue weighted by Crippen LogP contribution is 2.31.